The van der Waals surface area contributed by atoms with Crippen LogP contribution in [0, 0.1) is 0 Å². The van der Waals surface area contributed by atoms with E-state index < -0.39 is 5.97 Å². The Kier molecular flexibility index (Phi) is 7.19. The first-order valence-electron chi connectivity index (χ1n) is 4.58. The van der Waals surface area contributed by atoms with Crippen molar-refractivity contribution < 1.29 is 14.7 Å². The van der Waals surface area contributed by atoms with Crippen molar-refractivity contribution in [3.8, 4) is 0 Å². The van der Waals surface area contributed by atoms with Crippen LogP contribution in [0.15, 0.2) is 17.8 Å². The van der Waals surface area contributed by atoms with Crippen molar-refractivity contribution in [2.45, 2.75) is 26.2 Å². The summed E-state index contributed by atoms with van der Waals surface area (Å²) in [5.41, 5.74) is 0.184. The first kappa shape index (κ1) is 12.5. The highest BCUT2D eigenvalue weighted by atomic mass is 16.4. The number of hydrogen-bond donors (Lipinski definition) is 2. The molecule has 0 saturated heterocycles. The van der Waals surface area contributed by atoms with Crippen LogP contribution >= 0.6 is 0 Å². The highest BCUT2D eigenvalue weighted by Gasteiger charge is 1.96. The van der Waals surface area contributed by atoms with Crippen LogP contribution in [0.3, 0.4) is 0 Å². The topological polar surface area (TPSA) is 66.4 Å². The SMILES string of the molecule is CCCC/C=C/C(=C=O)NCC(=O)O. The second kappa shape index (κ2) is 8.08. The van der Waals surface area contributed by atoms with Gasteiger partial charge in [0.05, 0.1) is 0 Å². The molecule has 0 unspecified atom stereocenters. The van der Waals surface area contributed by atoms with Crippen LogP contribution in [0.1, 0.15) is 26.2 Å². The van der Waals surface area contributed by atoms with Crippen LogP contribution < -0.4 is 5.32 Å². The minimum Gasteiger partial charge on any atom is -0.480 e. The molecular weight excluding hydrogens is 182 g/mol. The van der Waals surface area contributed by atoms with Gasteiger partial charge in [-0.25, -0.2) is 4.79 Å². The monoisotopic (exact) mass is 197 g/mol. The fraction of sp³-hybridized carbons (Fsp3) is 0.500. The van der Waals surface area contributed by atoms with E-state index >= 15 is 0 Å². The summed E-state index contributed by atoms with van der Waals surface area (Å²) in [5, 5.41) is 10.8. The second-order valence-electron chi connectivity index (χ2n) is 2.81. The Morgan fingerprint density at radius 3 is 2.79 bits per heavy atom. The van der Waals surface area contributed by atoms with Crippen molar-refractivity contribution in [1.82, 2.24) is 5.32 Å². The van der Waals surface area contributed by atoms with Crippen molar-refractivity contribution in [3.63, 3.8) is 0 Å². The van der Waals surface area contributed by atoms with Crippen molar-refractivity contribution in [2.75, 3.05) is 6.54 Å². The second-order valence-corrected chi connectivity index (χ2v) is 2.81. The molecule has 0 atom stereocenters. The zero-order chi connectivity index (χ0) is 10.8. The van der Waals surface area contributed by atoms with Crippen LogP contribution in [0.4, 0.5) is 0 Å². The lowest BCUT2D eigenvalue weighted by Crippen LogP contribution is -2.21. The third-order valence-electron chi connectivity index (χ3n) is 1.55. The van der Waals surface area contributed by atoms with Gasteiger partial charge in [-0.15, -0.1) is 0 Å². The summed E-state index contributed by atoms with van der Waals surface area (Å²) in [6.45, 7) is 1.82. The zero-order valence-electron chi connectivity index (χ0n) is 8.25. The van der Waals surface area contributed by atoms with Crippen LogP contribution in [0.2, 0.25) is 0 Å². The van der Waals surface area contributed by atoms with E-state index in [9.17, 15) is 9.59 Å². The van der Waals surface area contributed by atoms with E-state index in [4.69, 9.17) is 5.11 Å². The minimum atomic E-state index is -1.00. The number of carbonyl (C=O) groups excluding carboxylic acids is 1. The molecule has 0 rings (SSSR count). The van der Waals surface area contributed by atoms with E-state index in [1.54, 1.807) is 12.0 Å². The van der Waals surface area contributed by atoms with Gasteiger partial charge < -0.3 is 10.4 Å². The molecule has 0 saturated carbocycles. The van der Waals surface area contributed by atoms with Gasteiger partial charge in [0.25, 0.3) is 0 Å². The first-order valence-corrected chi connectivity index (χ1v) is 4.58. The maximum absolute atomic E-state index is 10.3. The smallest absolute Gasteiger partial charge is 0.322 e. The van der Waals surface area contributed by atoms with Crippen LogP contribution in [-0.2, 0) is 9.59 Å². The molecule has 4 heteroatoms. The Hall–Kier alpha value is -1.54. The fourth-order valence-corrected chi connectivity index (χ4v) is 0.823. The fourth-order valence-electron chi connectivity index (χ4n) is 0.823. The van der Waals surface area contributed by atoms with E-state index in [1.165, 1.54) is 0 Å². The molecule has 2 N–H and O–H groups in total. The van der Waals surface area contributed by atoms with Gasteiger partial charge in [0.15, 0.2) is 0 Å². The summed E-state index contributed by atoms with van der Waals surface area (Å²) < 4.78 is 0. The lowest BCUT2D eigenvalue weighted by Gasteiger charge is -1.98. The van der Waals surface area contributed by atoms with Crippen molar-refractivity contribution >= 4 is 11.9 Å². The van der Waals surface area contributed by atoms with Gasteiger partial charge in [0.2, 0.25) is 0 Å². The number of carboxylic acid groups (broad SMARTS) is 1. The Morgan fingerprint density at radius 2 is 2.29 bits per heavy atom. The molecule has 0 fully saturated rings. The third-order valence-corrected chi connectivity index (χ3v) is 1.55. The van der Waals surface area contributed by atoms with E-state index in [0.717, 1.165) is 19.3 Å². The Bertz CT molecular complexity index is 252. The number of nitrogens with one attached hydrogen (secondary N) is 1. The summed E-state index contributed by atoms with van der Waals surface area (Å²) >= 11 is 0. The molecule has 0 aliphatic rings. The van der Waals surface area contributed by atoms with Crippen molar-refractivity contribution in [2.24, 2.45) is 0 Å². The van der Waals surface area contributed by atoms with E-state index in [1.807, 2.05) is 6.08 Å². The molecule has 0 aromatic rings. The van der Waals surface area contributed by atoms with Gasteiger partial charge in [-0.3, -0.25) is 4.79 Å². The average molecular weight is 197 g/mol. The van der Waals surface area contributed by atoms with Crippen molar-refractivity contribution in [1.29, 1.82) is 0 Å². The molecule has 0 aliphatic heterocycles. The molecule has 0 aliphatic carbocycles. The molecule has 0 amide bonds. The van der Waals surface area contributed by atoms with E-state index in [-0.39, 0.29) is 12.2 Å². The standard InChI is InChI=1S/C10H15NO3/c1-2-3-4-5-6-9(8-12)11-7-10(13)14/h5-6,11H,2-4,7H2,1H3,(H,13,14)/b6-5+. The molecule has 14 heavy (non-hydrogen) atoms. The predicted octanol–water partition coefficient (Wildman–Crippen LogP) is 1.12. The number of aliphatic carboxylic acids is 1. The zero-order valence-corrected chi connectivity index (χ0v) is 8.25. The quantitative estimate of drug-likeness (QED) is 0.364. The number of unbranched alkanes of at least 4 members (excludes halogenated alkanes) is 2. The van der Waals surface area contributed by atoms with Crippen LogP contribution in [0.5, 0.6) is 0 Å². The molecule has 78 valence electrons. The van der Waals surface area contributed by atoms with Gasteiger partial charge >= 0.3 is 5.97 Å². The third kappa shape index (κ3) is 7.13. The molecule has 0 aromatic carbocycles. The first-order chi connectivity index (χ1) is 6.70. The molecule has 0 spiro atoms. The van der Waals surface area contributed by atoms with Gasteiger partial charge in [0, 0.05) is 0 Å². The molecule has 4 nitrogen and oxygen atoms in total. The summed E-state index contributed by atoms with van der Waals surface area (Å²) in [6.07, 6.45) is 6.43. The number of carbonyl (C=O) groups is 1. The lowest BCUT2D eigenvalue weighted by atomic mass is 10.2. The number of carboxylic acids is 1. The predicted molar refractivity (Wildman–Crippen MR) is 53.5 cm³/mol. The number of hydrogen-bond acceptors (Lipinski definition) is 3. The Morgan fingerprint density at radius 1 is 1.57 bits per heavy atom. The minimum absolute atomic E-state index is 0.184. The average Bonchev–Trinajstić information content (AvgIpc) is 2.16. The summed E-state index contributed by atoms with van der Waals surface area (Å²) in [6, 6.07) is 0. The maximum Gasteiger partial charge on any atom is 0.322 e. The van der Waals surface area contributed by atoms with Gasteiger partial charge in [-0.2, -0.15) is 0 Å². The molecule has 0 bridgehead atoms. The van der Waals surface area contributed by atoms with Crippen LogP contribution in [0.25, 0.3) is 0 Å². The van der Waals surface area contributed by atoms with Gasteiger partial charge in [-0.05, 0) is 12.5 Å². The molecular formula is C10H15NO3. The molecule has 0 radical (unpaired) electrons. The summed E-state index contributed by atoms with van der Waals surface area (Å²) in [7, 11) is 0. The Balaban J connectivity index is 3.86. The largest absolute Gasteiger partial charge is 0.480 e. The van der Waals surface area contributed by atoms with Gasteiger partial charge in [0.1, 0.15) is 18.2 Å². The lowest BCUT2D eigenvalue weighted by molar-refractivity contribution is -0.135. The van der Waals surface area contributed by atoms with E-state index in [2.05, 4.69) is 12.2 Å². The maximum atomic E-state index is 10.3. The highest BCUT2D eigenvalue weighted by molar-refractivity contribution is 5.70. The summed E-state index contributed by atoms with van der Waals surface area (Å²) in [5.74, 6) is 0.639. The molecule has 0 aromatic heterocycles. The molecule has 0 heterocycles. The van der Waals surface area contributed by atoms with E-state index in [0.29, 0.717) is 0 Å². The highest BCUT2D eigenvalue weighted by Crippen LogP contribution is 1.96. The van der Waals surface area contributed by atoms with Crippen LogP contribution in [-0.4, -0.2) is 23.6 Å². The summed E-state index contributed by atoms with van der Waals surface area (Å²) in [4.78, 5) is 20.5. The Labute approximate surface area is 83.3 Å². The van der Waals surface area contributed by atoms with Gasteiger partial charge in [-0.1, -0.05) is 25.8 Å². The number of allylic oxidation sites excluding steroid dienone is 2. The number of rotatable bonds is 7. The normalized spacial score (nSPS) is 9.79. The van der Waals surface area contributed by atoms with Crippen molar-refractivity contribution in [3.05, 3.63) is 17.8 Å².